The molecule has 39 heavy (non-hydrogen) atoms. The minimum Gasteiger partial charge on any atom is -0.494 e. The third-order valence-electron chi connectivity index (χ3n) is 6.86. The van der Waals surface area contributed by atoms with Crippen molar-refractivity contribution in [1.82, 2.24) is 14.9 Å². The van der Waals surface area contributed by atoms with Crippen LogP contribution in [0.15, 0.2) is 103 Å². The third-order valence-corrected chi connectivity index (χ3v) is 6.86. The van der Waals surface area contributed by atoms with Crippen LogP contribution < -0.4 is 10.1 Å². The van der Waals surface area contributed by atoms with Gasteiger partial charge >= 0.3 is 0 Å². The molecule has 1 aromatic heterocycles. The van der Waals surface area contributed by atoms with Crippen molar-refractivity contribution in [3.63, 3.8) is 0 Å². The van der Waals surface area contributed by atoms with Crippen molar-refractivity contribution < 1.29 is 9.53 Å². The van der Waals surface area contributed by atoms with E-state index in [2.05, 4.69) is 65.3 Å². The van der Waals surface area contributed by atoms with Gasteiger partial charge in [-0.15, -0.1) is 0 Å². The molecule has 198 valence electrons. The first-order valence-electron chi connectivity index (χ1n) is 13.7. The monoisotopic (exact) mass is 517 g/mol. The normalized spacial score (nSPS) is 11.0. The zero-order valence-electron chi connectivity index (χ0n) is 22.5. The summed E-state index contributed by atoms with van der Waals surface area (Å²) in [6.07, 6.45) is 3.00. The van der Waals surface area contributed by atoms with Crippen LogP contribution in [0.1, 0.15) is 29.8 Å². The van der Waals surface area contributed by atoms with Crippen molar-refractivity contribution in [3.8, 4) is 16.9 Å². The molecule has 5 nitrogen and oxygen atoms in total. The van der Waals surface area contributed by atoms with E-state index in [-0.39, 0.29) is 5.91 Å². The van der Waals surface area contributed by atoms with Crippen LogP contribution in [0.2, 0.25) is 0 Å². The molecule has 1 amide bonds. The summed E-state index contributed by atoms with van der Waals surface area (Å²) in [6, 6.07) is 34.9. The fourth-order valence-corrected chi connectivity index (χ4v) is 4.84. The highest BCUT2D eigenvalue weighted by Gasteiger charge is 2.11. The van der Waals surface area contributed by atoms with Gasteiger partial charge in [-0.25, -0.2) is 4.98 Å². The van der Waals surface area contributed by atoms with Crippen molar-refractivity contribution in [2.24, 2.45) is 0 Å². The molecule has 0 radical (unpaired) electrons. The molecule has 0 atom stereocenters. The van der Waals surface area contributed by atoms with Gasteiger partial charge < -0.3 is 14.6 Å². The maximum absolute atomic E-state index is 12.6. The molecule has 0 aliphatic heterocycles. The number of aryl methyl sites for hydroxylation is 2. The minimum atomic E-state index is 0.0263. The van der Waals surface area contributed by atoms with Crippen molar-refractivity contribution in [3.05, 3.63) is 120 Å². The zero-order chi connectivity index (χ0) is 26.9. The number of fused-ring (bicyclic) bond motifs is 1. The van der Waals surface area contributed by atoms with Crippen LogP contribution in [0.4, 0.5) is 0 Å². The summed E-state index contributed by atoms with van der Waals surface area (Å²) in [7, 11) is 0. The third kappa shape index (κ3) is 7.14. The fraction of sp³-hybridized carbons (Fsp3) is 0.235. The van der Waals surface area contributed by atoms with Crippen molar-refractivity contribution in [2.45, 2.75) is 39.2 Å². The van der Waals surface area contributed by atoms with Crippen LogP contribution >= 0.6 is 0 Å². The Kier molecular flexibility index (Phi) is 8.69. The van der Waals surface area contributed by atoms with Gasteiger partial charge in [0.25, 0.3) is 0 Å². The lowest BCUT2D eigenvalue weighted by molar-refractivity contribution is -0.120. The van der Waals surface area contributed by atoms with E-state index in [1.54, 1.807) is 0 Å². The number of carbonyl (C=O) groups is 1. The van der Waals surface area contributed by atoms with Crippen molar-refractivity contribution in [2.75, 3.05) is 13.2 Å². The van der Waals surface area contributed by atoms with E-state index in [0.717, 1.165) is 53.1 Å². The van der Waals surface area contributed by atoms with Gasteiger partial charge in [0.15, 0.2) is 0 Å². The van der Waals surface area contributed by atoms with Gasteiger partial charge in [0.1, 0.15) is 11.6 Å². The van der Waals surface area contributed by atoms with Gasteiger partial charge in [0.2, 0.25) is 5.91 Å². The second-order valence-corrected chi connectivity index (χ2v) is 9.88. The molecule has 0 saturated carbocycles. The van der Waals surface area contributed by atoms with Gasteiger partial charge in [-0.2, -0.15) is 0 Å². The molecule has 1 heterocycles. The second-order valence-electron chi connectivity index (χ2n) is 9.88. The molecule has 1 N–H and O–H groups in total. The highest BCUT2D eigenvalue weighted by Crippen LogP contribution is 2.20. The Bertz CT molecular complexity index is 1510. The predicted molar refractivity (Wildman–Crippen MR) is 158 cm³/mol. The molecule has 4 aromatic carbocycles. The molecular weight excluding hydrogens is 482 g/mol. The van der Waals surface area contributed by atoms with Crippen LogP contribution in [0.5, 0.6) is 5.75 Å². The topological polar surface area (TPSA) is 56.1 Å². The predicted octanol–water partition coefficient (Wildman–Crippen LogP) is 6.77. The molecule has 5 heteroatoms. The average molecular weight is 518 g/mol. The Morgan fingerprint density at radius 3 is 2.44 bits per heavy atom. The molecule has 0 unspecified atom stereocenters. The summed E-state index contributed by atoms with van der Waals surface area (Å²) in [6.45, 7) is 4.19. The number of carbonyl (C=O) groups excluding carboxylic acids is 1. The number of para-hydroxylation sites is 2. The smallest absolute Gasteiger partial charge is 0.224 e. The molecule has 0 aliphatic rings. The Labute approximate surface area is 230 Å². The number of benzene rings is 4. The fourth-order valence-electron chi connectivity index (χ4n) is 4.84. The lowest BCUT2D eigenvalue weighted by atomic mass is 10.0. The average Bonchev–Trinajstić information content (AvgIpc) is 3.31. The number of hydrogen-bond acceptors (Lipinski definition) is 3. The minimum absolute atomic E-state index is 0.0263. The number of aromatic nitrogens is 2. The lowest BCUT2D eigenvalue weighted by Gasteiger charge is -2.11. The number of ether oxygens (including phenoxy) is 1. The van der Waals surface area contributed by atoms with Crippen LogP contribution in [-0.4, -0.2) is 28.6 Å². The Morgan fingerprint density at radius 1 is 0.846 bits per heavy atom. The van der Waals surface area contributed by atoms with E-state index in [0.29, 0.717) is 26.0 Å². The molecule has 0 aliphatic carbocycles. The number of nitrogens with zero attached hydrogens (tertiary/aromatic N) is 2. The first kappa shape index (κ1) is 26.2. The molecule has 5 aromatic rings. The van der Waals surface area contributed by atoms with Crippen LogP contribution in [0.3, 0.4) is 0 Å². The Morgan fingerprint density at radius 2 is 1.62 bits per heavy atom. The summed E-state index contributed by atoms with van der Waals surface area (Å²) in [5.74, 6) is 1.95. The highest BCUT2D eigenvalue weighted by molar-refractivity contribution is 5.79. The summed E-state index contributed by atoms with van der Waals surface area (Å²) < 4.78 is 8.21. The van der Waals surface area contributed by atoms with E-state index < -0.39 is 0 Å². The summed E-state index contributed by atoms with van der Waals surface area (Å²) in [5.41, 5.74) is 6.67. The van der Waals surface area contributed by atoms with E-state index in [1.165, 1.54) is 11.1 Å². The highest BCUT2D eigenvalue weighted by atomic mass is 16.5. The van der Waals surface area contributed by atoms with Gasteiger partial charge in [-0.05, 0) is 66.3 Å². The molecule has 0 saturated heterocycles. The number of unbranched alkanes of at least 4 members (excludes halogenated alkanes) is 1. The maximum atomic E-state index is 12.6. The number of nitrogens with one attached hydrogen (secondary N) is 1. The lowest BCUT2D eigenvalue weighted by Crippen LogP contribution is -2.28. The molecular formula is C34H35N3O2. The standard InChI is InChI=1S/C34H35N3O2/c1-26-10-9-13-30(24-26)39-23-8-7-22-37-32-15-6-5-14-31(32)36-33(37)20-21-35-34(38)25-27-16-18-29(19-17-27)28-11-3-2-4-12-28/h2-6,9-19,24H,7-8,20-23,25H2,1H3,(H,35,38). The van der Waals surface area contributed by atoms with Crippen molar-refractivity contribution in [1.29, 1.82) is 0 Å². The molecule has 0 spiro atoms. The van der Waals surface area contributed by atoms with Crippen molar-refractivity contribution >= 4 is 16.9 Å². The molecule has 0 fully saturated rings. The quantitative estimate of drug-likeness (QED) is 0.186. The second kappa shape index (κ2) is 12.9. The first-order valence-corrected chi connectivity index (χ1v) is 13.7. The van der Waals surface area contributed by atoms with Gasteiger partial charge in [-0.1, -0.05) is 78.9 Å². The summed E-state index contributed by atoms with van der Waals surface area (Å²) in [4.78, 5) is 17.5. The summed E-state index contributed by atoms with van der Waals surface area (Å²) in [5, 5.41) is 3.08. The largest absolute Gasteiger partial charge is 0.494 e. The van der Waals surface area contributed by atoms with E-state index in [4.69, 9.17) is 9.72 Å². The number of hydrogen-bond donors (Lipinski definition) is 1. The summed E-state index contributed by atoms with van der Waals surface area (Å²) >= 11 is 0. The molecule has 5 rings (SSSR count). The van der Waals surface area contributed by atoms with Gasteiger partial charge in [0, 0.05) is 19.5 Å². The molecule has 0 bridgehead atoms. The Balaban J connectivity index is 1.12. The maximum Gasteiger partial charge on any atom is 0.224 e. The number of amides is 1. The van der Waals surface area contributed by atoms with E-state index >= 15 is 0 Å². The zero-order valence-corrected chi connectivity index (χ0v) is 22.5. The first-order chi connectivity index (χ1) is 19.2. The van der Waals surface area contributed by atoms with Crippen LogP contribution in [0, 0.1) is 6.92 Å². The number of imidazole rings is 1. The van der Waals surface area contributed by atoms with Crippen LogP contribution in [-0.2, 0) is 24.2 Å². The van der Waals surface area contributed by atoms with E-state index in [9.17, 15) is 4.79 Å². The van der Waals surface area contributed by atoms with Crippen LogP contribution in [0.25, 0.3) is 22.2 Å². The van der Waals surface area contributed by atoms with E-state index in [1.807, 2.05) is 54.6 Å². The van der Waals surface area contributed by atoms with Gasteiger partial charge in [0.05, 0.1) is 24.1 Å². The van der Waals surface area contributed by atoms with Gasteiger partial charge in [-0.3, -0.25) is 4.79 Å². The SMILES string of the molecule is Cc1cccc(OCCCCn2c(CCNC(=O)Cc3ccc(-c4ccccc4)cc3)nc3ccccc32)c1. The Hall–Kier alpha value is -4.38. The number of rotatable bonds is 12.